The number of ether oxygens (including phenoxy) is 2. The van der Waals surface area contributed by atoms with Gasteiger partial charge in [0.15, 0.2) is 5.82 Å². The van der Waals surface area contributed by atoms with E-state index in [-0.39, 0.29) is 25.0 Å². The van der Waals surface area contributed by atoms with Crippen molar-refractivity contribution in [3.63, 3.8) is 0 Å². The maximum Gasteiger partial charge on any atom is 0.410 e. The third-order valence-electron chi connectivity index (χ3n) is 3.84. The Morgan fingerprint density at radius 3 is 2.71 bits per heavy atom. The fourth-order valence-corrected chi connectivity index (χ4v) is 2.59. The smallest absolute Gasteiger partial charge is 0.410 e. The lowest BCUT2D eigenvalue weighted by Gasteiger charge is -2.16. The summed E-state index contributed by atoms with van der Waals surface area (Å²) in [5.41, 5.74) is 0. The Balaban J connectivity index is 1.60. The summed E-state index contributed by atoms with van der Waals surface area (Å²) in [6.45, 7) is 2.63. The number of anilines is 1. The fraction of sp³-hybridized carbons (Fsp3) is 0.643. The first-order valence-corrected chi connectivity index (χ1v) is 7.88. The van der Waals surface area contributed by atoms with E-state index in [1.807, 2.05) is 0 Å². The molecule has 0 atom stereocenters. The minimum Gasteiger partial charge on any atom is -0.467 e. The van der Waals surface area contributed by atoms with Crippen LogP contribution in [-0.2, 0) is 16.1 Å². The van der Waals surface area contributed by atoms with Crippen molar-refractivity contribution in [3.05, 3.63) is 5.82 Å². The number of cyclic esters (lactones) is 1. The molecule has 0 saturated carbocycles. The van der Waals surface area contributed by atoms with Crippen molar-refractivity contribution in [1.29, 1.82) is 0 Å². The van der Waals surface area contributed by atoms with Gasteiger partial charge in [0.25, 0.3) is 0 Å². The van der Waals surface area contributed by atoms with Crippen molar-refractivity contribution in [1.82, 2.24) is 25.2 Å². The molecule has 0 spiro atoms. The highest BCUT2D eigenvalue weighted by molar-refractivity contribution is 5.82. The SMILES string of the molecule is COc1nc(CNC(=O)CN2CCOC2=O)nc(N2CCCC2)n1. The van der Waals surface area contributed by atoms with Crippen LogP contribution in [0, 0.1) is 0 Å². The van der Waals surface area contributed by atoms with Crippen LogP contribution >= 0.6 is 0 Å². The quantitative estimate of drug-likeness (QED) is 0.744. The van der Waals surface area contributed by atoms with E-state index < -0.39 is 6.09 Å². The molecule has 0 unspecified atom stereocenters. The molecule has 0 aromatic carbocycles. The van der Waals surface area contributed by atoms with Crippen molar-refractivity contribution in [3.8, 4) is 6.01 Å². The summed E-state index contributed by atoms with van der Waals surface area (Å²) in [6, 6.07) is 0.222. The van der Waals surface area contributed by atoms with Gasteiger partial charge in [-0.25, -0.2) is 4.79 Å². The number of amides is 2. The van der Waals surface area contributed by atoms with E-state index in [1.165, 1.54) is 12.0 Å². The molecule has 10 heteroatoms. The van der Waals surface area contributed by atoms with Gasteiger partial charge >= 0.3 is 12.1 Å². The zero-order valence-corrected chi connectivity index (χ0v) is 13.5. The van der Waals surface area contributed by atoms with Gasteiger partial charge in [-0.1, -0.05) is 0 Å². The summed E-state index contributed by atoms with van der Waals surface area (Å²) in [6.07, 6.45) is 1.74. The van der Waals surface area contributed by atoms with E-state index in [2.05, 4.69) is 25.2 Å². The van der Waals surface area contributed by atoms with Gasteiger partial charge < -0.3 is 19.7 Å². The predicted octanol–water partition coefficient (Wildman–Crippen LogP) is -0.451. The highest BCUT2D eigenvalue weighted by Gasteiger charge is 2.24. The molecule has 1 aromatic heterocycles. The van der Waals surface area contributed by atoms with Crippen molar-refractivity contribution >= 4 is 17.9 Å². The fourth-order valence-electron chi connectivity index (χ4n) is 2.59. The van der Waals surface area contributed by atoms with Crippen LogP contribution in [0.1, 0.15) is 18.7 Å². The molecule has 10 nitrogen and oxygen atoms in total. The minimum absolute atomic E-state index is 0.0416. The molecular formula is C14H20N6O4. The number of hydrogen-bond donors (Lipinski definition) is 1. The lowest BCUT2D eigenvalue weighted by molar-refractivity contribution is -0.121. The highest BCUT2D eigenvalue weighted by Crippen LogP contribution is 2.17. The average Bonchev–Trinajstić information content (AvgIpc) is 3.25. The lowest BCUT2D eigenvalue weighted by atomic mass is 10.4. The molecule has 2 fully saturated rings. The molecule has 3 heterocycles. The molecule has 2 saturated heterocycles. The second-order valence-corrected chi connectivity index (χ2v) is 5.55. The Hall–Kier alpha value is -2.65. The zero-order valence-electron chi connectivity index (χ0n) is 13.5. The van der Waals surface area contributed by atoms with E-state index in [0.717, 1.165) is 25.9 Å². The molecular weight excluding hydrogens is 316 g/mol. The third-order valence-corrected chi connectivity index (χ3v) is 3.84. The second-order valence-electron chi connectivity index (χ2n) is 5.55. The monoisotopic (exact) mass is 336 g/mol. The molecule has 130 valence electrons. The van der Waals surface area contributed by atoms with Crippen LogP contribution in [0.15, 0.2) is 0 Å². The first kappa shape index (κ1) is 16.2. The van der Waals surface area contributed by atoms with Gasteiger partial charge in [0.2, 0.25) is 11.9 Å². The Labute approximate surface area is 139 Å². The van der Waals surface area contributed by atoms with Gasteiger partial charge in [0.1, 0.15) is 13.2 Å². The second kappa shape index (κ2) is 7.28. The summed E-state index contributed by atoms with van der Waals surface area (Å²) in [7, 11) is 1.49. The number of hydrogen-bond acceptors (Lipinski definition) is 8. The van der Waals surface area contributed by atoms with Crippen LogP contribution in [0.3, 0.4) is 0 Å². The lowest BCUT2D eigenvalue weighted by Crippen LogP contribution is -2.37. The molecule has 2 amide bonds. The number of nitrogens with zero attached hydrogens (tertiary/aromatic N) is 5. The summed E-state index contributed by atoms with van der Waals surface area (Å²) in [4.78, 5) is 39.5. The standard InChI is InChI=1S/C14H20N6O4/c1-23-13-17-10(16-12(18-13)19-4-2-3-5-19)8-15-11(21)9-20-6-7-24-14(20)22/h2-9H2,1H3,(H,15,21). The van der Waals surface area contributed by atoms with E-state index in [0.29, 0.717) is 24.9 Å². The molecule has 2 aliphatic rings. The Kier molecular flexibility index (Phi) is 4.92. The number of methoxy groups -OCH3 is 1. The zero-order chi connectivity index (χ0) is 16.9. The van der Waals surface area contributed by atoms with Crippen molar-refractivity contribution in [2.24, 2.45) is 0 Å². The minimum atomic E-state index is -0.469. The summed E-state index contributed by atoms with van der Waals surface area (Å²) in [5.74, 6) is 0.684. The van der Waals surface area contributed by atoms with Gasteiger partial charge in [-0.05, 0) is 12.8 Å². The predicted molar refractivity (Wildman–Crippen MR) is 82.6 cm³/mol. The van der Waals surface area contributed by atoms with Gasteiger partial charge in [-0.2, -0.15) is 15.0 Å². The van der Waals surface area contributed by atoms with Crippen LogP contribution < -0.4 is 15.0 Å². The number of nitrogens with one attached hydrogen (secondary N) is 1. The molecule has 0 aliphatic carbocycles. The van der Waals surface area contributed by atoms with Gasteiger partial charge in [0, 0.05) is 13.1 Å². The largest absolute Gasteiger partial charge is 0.467 e. The molecule has 0 bridgehead atoms. The molecule has 3 rings (SSSR count). The highest BCUT2D eigenvalue weighted by atomic mass is 16.6. The van der Waals surface area contributed by atoms with Gasteiger partial charge in [-0.3, -0.25) is 9.69 Å². The molecule has 2 aliphatic heterocycles. The number of carbonyl (C=O) groups excluding carboxylic acids is 2. The number of aromatic nitrogens is 3. The number of carbonyl (C=O) groups is 2. The molecule has 24 heavy (non-hydrogen) atoms. The summed E-state index contributed by atoms with van der Waals surface area (Å²) in [5, 5.41) is 2.70. The summed E-state index contributed by atoms with van der Waals surface area (Å²) < 4.78 is 9.90. The maximum atomic E-state index is 11.9. The third kappa shape index (κ3) is 3.81. The molecule has 0 radical (unpaired) electrons. The van der Waals surface area contributed by atoms with E-state index in [1.54, 1.807) is 0 Å². The van der Waals surface area contributed by atoms with Crippen LogP contribution in [0.2, 0.25) is 0 Å². The Morgan fingerprint density at radius 1 is 1.25 bits per heavy atom. The normalized spacial score (nSPS) is 17.1. The van der Waals surface area contributed by atoms with Crippen LogP contribution in [-0.4, -0.2) is 71.7 Å². The Bertz CT molecular complexity index is 619. The van der Waals surface area contributed by atoms with Crippen molar-refractivity contribution in [2.75, 3.05) is 44.8 Å². The van der Waals surface area contributed by atoms with Crippen molar-refractivity contribution in [2.45, 2.75) is 19.4 Å². The Morgan fingerprint density at radius 2 is 2.04 bits per heavy atom. The number of rotatable bonds is 6. The molecule has 1 aromatic rings. The van der Waals surface area contributed by atoms with Gasteiger partial charge in [-0.15, -0.1) is 0 Å². The first-order valence-electron chi connectivity index (χ1n) is 7.88. The van der Waals surface area contributed by atoms with Crippen LogP contribution in [0.5, 0.6) is 6.01 Å². The van der Waals surface area contributed by atoms with Gasteiger partial charge in [0.05, 0.1) is 20.2 Å². The van der Waals surface area contributed by atoms with Crippen LogP contribution in [0.4, 0.5) is 10.7 Å². The molecule has 1 N–H and O–H groups in total. The van der Waals surface area contributed by atoms with Crippen molar-refractivity contribution < 1.29 is 19.1 Å². The average molecular weight is 336 g/mol. The first-order chi connectivity index (χ1) is 11.7. The van der Waals surface area contributed by atoms with Crippen LogP contribution in [0.25, 0.3) is 0 Å². The summed E-state index contributed by atoms with van der Waals surface area (Å²) >= 11 is 0. The topological polar surface area (TPSA) is 110 Å². The maximum absolute atomic E-state index is 11.9. The van der Waals surface area contributed by atoms with E-state index in [9.17, 15) is 9.59 Å². The van der Waals surface area contributed by atoms with E-state index in [4.69, 9.17) is 9.47 Å². The van der Waals surface area contributed by atoms with E-state index >= 15 is 0 Å².